The third-order valence-electron chi connectivity index (χ3n) is 5.33. The second kappa shape index (κ2) is 7.03. The molecule has 140 valence electrons. The van der Waals surface area contributed by atoms with Crippen LogP contribution in [0.1, 0.15) is 31.0 Å². The summed E-state index contributed by atoms with van der Waals surface area (Å²) in [7, 11) is 4.02. The Hall–Kier alpha value is -1.88. The topological polar surface area (TPSA) is 63.0 Å². The number of fused-ring (bicyclic) bond motifs is 1. The van der Waals surface area contributed by atoms with Crippen molar-refractivity contribution in [3.8, 4) is 11.8 Å². The number of piperazine rings is 1. The average Bonchev–Trinajstić information content (AvgIpc) is 2.62. The molecule has 1 saturated heterocycles. The van der Waals surface area contributed by atoms with E-state index in [1.54, 1.807) is 18.2 Å². The Labute approximate surface area is 160 Å². The van der Waals surface area contributed by atoms with E-state index in [1.165, 1.54) is 0 Å². The van der Waals surface area contributed by atoms with Crippen molar-refractivity contribution >= 4 is 17.3 Å². The first-order chi connectivity index (χ1) is 12.2. The molecule has 7 heteroatoms. The van der Waals surface area contributed by atoms with E-state index in [1.807, 2.05) is 25.8 Å². The van der Waals surface area contributed by atoms with Crippen molar-refractivity contribution in [3.63, 3.8) is 0 Å². The summed E-state index contributed by atoms with van der Waals surface area (Å²) in [6.45, 7) is 7.41. The molecule has 0 spiro atoms. The summed E-state index contributed by atoms with van der Waals surface area (Å²) in [4.78, 5) is 6.41. The Balaban J connectivity index is 1.94. The molecule has 1 aromatic carbocycles. The van der Waals surface area contributed by atoms with Crippen LogP contribution in [0.2, 0.25) is 0 Å². The Kier molecular flexibility index (Phi) is 5.11. The maximum atomic E-state index is 11.0. The van der Waals surface area contributed by atoms with Crippen molar-refractivity contribution < 1.29 is 9.84 Å². The van der Waals surface area contributed by atoms with Gasteiger partial charge in [-0.25, -0.2) is 0 Å². The van der Waals surface area contributed by atoms with Crippen LogP contribution in [0, 0.1) is 11.3 Å². The zero-order valence-electron chi connectivity index (χ0n) is 15.8. The zero-order chi connectivity index (χ0) is 19.1. The Morgan fingerprint density at radius 3 is 2.62 bits per heavy atom. The normalized spacial score (nSPS) is 25.0. The van der Waals surface area contributed by atoms with Crippen molar-refractivity contribution in [3.05, 3.63) is 29.3 Å². The Bertz CT molecular complexity index is 738. The third kappa shape index (κ3) is 3.37. The van der Waals surface area contributed by atoms with E-state index in [-0.39, 0.29) is 6.04 Å². The van der Waals surface area contributed by atoms with Crippen molar-refractivity contribution in [1.82, 2.24) is 14.7 Å². The van der Waals surface area contributed by atoms with Crippen LogP contribution in [0.3, 0.4) is 0 Å². The molecule has 0 bridgehead atoms. The van der Waals surface area contributed by atoms with E-state index >= 15 is 0 Å². The fraction of sp³-hybridized carbons (Fsp3) is 0.579. The van der Waals surface area contributed by atoms with Gasteiger partial charge >= 0.3 is 0 Å². The molecule has 2 unspecified atom stereocenters. The van der Waals surface area contributed by atoms with Crippen LogP contribution in [0.5, 0.6) is 5.75 Å². The molecule has 0 aromatic heterocycles. The van der Waals surface area contributed by atoms with Gasteiger partial charge in [0.1, 0.15) is 17.5 Å². The number of ether oxygens (including phenoxy) is 1. The highest BCUT2D eigenvalue weighted by molar-refractivity contribution is 7.80. The Morgan fingerprint density at radius 1 is 1.35 bits per heavy atom. The molecule has 2 atom stereocenters. The minimum atomic E-state index is -0.778. The number of aliphatic hydroxyl groups is 1. The number of nitriles is 1. The quantitative estimate of drug-likeness (QED) is 0.749. The van der Waals surface area contributed by atoms with Gasteiger partial charge in [0.15, 0.2) is 5.11 Å². The van der Waals surface area contributed by atoms with E-state index in [0.29, 0.717) is 16.4 Å². The van der Waals surface area contributed by atoms with Gasteiger partial charge in [-0.3, -0.25) is 0 Å². The summed E-state index contributed by atoms with van der Waals surface area (Å²) in [5.74, 6) is 0.692. The zero-order valence-corrected chi connectivity index (χ0v) is 16.6. The number of benzene rings is 1. The van der Waals surface area contributed by atoms with Gasteiger partial charge in [0, 0.05) is 38.8 Å². The summed E-state index contributed by atoms with van der Waals surface area (Å²) in [6.07, 6.45) is -0.778. The molecular formula is C19H26N4O2S. The molecule has 2 heterocycles. The van der Waals surface area contributed by atoms with Crippen LogP contribution in [-0.2, 0) is 0 Å². The number of rotatable bonds is 1. The highest BCUT2D eigenvalue weighted by Gasteiger charge is 2.45. The lowest BCUT2D eigenvalue weighted by molar-refractivity contribution is -0.0796. The van der Waals surface area contributed by atoms with E-state index in [4.69, 9.17) is 17.0 Å². The van der Waals surface area contributed by atoms with Gasteiger partial charge in [-0.2, -0.15) is 5.26 Å². The molecule has 0 radical (unpaired) electrons. The van der Waals surface area contributed by atoms with E-state index in [2.05, 4.69) is 22.9 Å². The van der Waals surface area contributed by atoms with Gasteiger partial charge in [0.2, 0.25) is 0 Å². The van der Waals surface area contributed by atoms with Gasteiger partial charge in [0.25, 0.3) is 0 Å². The molecule has 0 saturated carbocycles. The first-order valence-corrected chi connectivity index (χ1v) is 9.27. The van der Waals surface area contributed by atoms with Crippen LogP contribution in [-0.4, -0.2) is 76.9 Å². The highest BCUT2D eigenvalue weighted by atomic mass is 32.1. The average molecular weight is 375 g/mol. The number of likely N-dealkylation sites (N-methyl/N-ethyl adjacent to an activating group) is 2. The number of thiocarbonyl (C=S) groups is 1. The van der Waals surface area contributed by atoms with Gasteiger partial charge in [-0.05, 0) is 51.3 Å². The number of hydrogen-bond acceptors (Lipinski definition) is 5. The monoisotopic (exact) mass is 374 g/mol. The van der Waals surface area contributed by atoms with Crippen LogP contribution in [0.4, 0.5) is 0 Å². The van der Waals surface area contributed by atoms with Crippen molar-refractivity contribution in [1.29, 1.82) is 5.26 Å². The van der Waals surface area contributed by atoms with Crippen LogP contribution in [0.25, 0.3) is 0 Å². The smallest absolute Gasteiger partial charge is 0.172 e. The van der Waals surface area contributed by atoms with Crippen molar-refractivity contribution in [2.45, 2.75) is 31.6 Å². The Morgan fingerprint density at radius 2 is 2.00 bits per heavy atom. The minimum absolute atomic E-state index is 0.366. The summed E-state index contributed by atoms with van der Waals surface area (Å²) in [5, 5.41) is 21.0. The highest BCUT2D eigenvalue weighted by Crippen LogP contribution is 2.43. The summed E-state index contributed by atoms with van der Waals surface area (Å²) in [5.41, 5.74) is 0.593. The van der Waals surface area contributed by atoms with Crippen LogP contribution < -0.4 is 4.74 Å². The second-order valence-electron chi connectivity index (χ2n) is 7.64. The molecule has 3 rings (SSSR count). The molecule has 6 nitrogen and oxygen atoms in total. The number of hydrogen-bond donors (Lipinski definition) is 1. The summed E-state index contributed by atoms with van der Waals surface area (Å²) in [6, 6.07) is 7.14. The molecule has 1 N–H and O–H groups in total. The fourth-order valence-electron chi connectivity index (χ4n) is 3.60. The maximum Gasteiger partial charge on any atom is 0.172 e. The van der Waals surface area contributed by atoms with Gasteiger partial charge in [-0.15, -0.1) is 0 Å². The number of aliphatic hydroxyl groups excluding tert-OH is 1. The lowest BCUT2D eigenvalue weighted by Crippen LogP contribution is -2.57. The summed E-state index contributed by atoms with van der Waals surface area (Å²) < 4.78 is 6.00. The standard InChI is InChI=1S/C19H26N4O2S/c1-19(2)17(24)16(14-11-13(12-20)5-6-15(14)25-19)22(4)18(26)23-9-7-21(3)8-10-23/h5-6,11,16-17,24H,7-10H2,1-4H3. The minimum Gasteiger partial charge on any atom is -0.485 e. The van der Waals surface area contributed by atoms with E-state index in [9.17, 15) is 10.4 Å². The molecule has 2 aliphatic heterocycles. The maximum absolute atomic E-state index is 11.0. The second-order valence-corrected chi connectivity index (χ2v) is 8.01. The molecule has 1 aromatic rings. The molecule has 26 heavy (non-hydrogen) atoms. The summed E-state index contributed by atoms with van der Waals surface area (Å²) >= 11 is 5.75. The lowest BCUT2D eigenvalue weighted by Gasteiger charge is -2.47. The lowest BCUT2D eigenvalue weighted by atomic mass is 9.85. The molecule has 2 aliphatic rings. The van der Waals surface area contributed by atoms with Crippen molar-refractivity contribution in [2.75, 3.05) is 40.3 Å². The number of nitrogens with zero attached hydrogens (tertiary/aromatic N) is 4. The third-order valence-corrected chi connectivity index (χ3v) is 5.88. The van der Waals surface area contributed by atoms with E-state index in [0.717, 1.165) is 31.7 Å². The molecular weight excluding hydrogens is 348 g/mol. The van der Waals surface area contributed by atoms with Gasteiger partial charge in [-0.1, -0.05) is 0 Å². The van der Waals surface area contributed by atoms with E-state index < -0.39 is 11.7 Å². The van der Waals surface area contributed by atoms with Crippen molar-refractivity contribution in [2.24, 2.45) is 0 Å². The predicted octanol–water partition coefficient (Wildman–Crippen LogP) is 1.60. The van der Waals surface area contributed by atoms with Gasteiger partial charge < -0.3 is 24.5 Å². The predicted molar refractivity (Wildman–Crippen MR) is 104 cm³/mol. The fourth-order valence-corrected chi connectivity index (χ4v) is 3.89. The molecule has 1 fully saturated rings. The largest absolute Gasteiger partial charge is 0.485 e. The SMILES string of the molecule is CN1CCN(C(=S)N(C)C2c3cc(C#N)ccc3OC(C)(C)C2O)CC1. The molecule has 0 aliphatic carbocycles. The molecule has 0 amide bonds. The van der Waals surface area contributed by atoms with Gasteiger partial charge in [0.05, 0.1) is 17.7 Å². The van der Waals surface area contributed by atoms with Crippen LogP contribution in [0.15, 0.2) is 18.2 Å². The first kappa shape index (κ1) is 18.9. The first-order valence-electron chi connectivity index (χ1n) is 8.86. The van der Waals surface area contributed by atoms with Crippen LogP contribution >= 0.6 is 12.2 Å².